The summed E-state index contributed by atoms with van der Waals surface area (Å²) in [7, 11) is -3.90. The van der Waals surface area contributed by atoms with Gasteiger partial charge in [0.25, 0.3) is 5.91 Å². The predicted molar refractivity (Wildman–Crippen MR) is 181 cm³/mol. The molecule has 2 aliphatic carbocycles. The second-order valence-electron chi connectivity index (χ2n) is 14.9. The van der Waals surface area contributed by atoms with Crippen LogP contribution in [0.4, 0.5) is 9.59 Å². The van der Waals surface area contributed by atoms with Crippen molar-refractivity contribution in [3.05, 3.63) is 53.6 Å². The summed E-state index contributed by atoms with van der Waals surface area (Å²) in [5.41, 5.74) is 0.553. The molecule has 0 spiro atoms. The Bertz CT molecular complexity index is 1730. The number of nitrogens with one attached hydrogen (secondary N) is 3. The van der Waals surface area contributed by atoms with Crippen LogP contribution in [0.1, 0.15) is 76.0 Å². The molecule has 0 radical (unpaired) electrons. The Balaban J connectivity index is 1.27. The molecule has 5 aliphatic rings. The summed E-state index contributed by atoms with van der Waals surface area (Å²) in [6, 6.07) is 3.51. The van der Waals surface area contributed by atoms with Gasteiger partial charge in [0.1, 0.15) is 23.7 Å². The molecule has 3 N–H and O–H groups in total. The van der Waals surface area contributed by atoms with E-state index in [1.54, 1.807) is 25.7 Å². The minimum Gasteiger partial charge on any atom is -0.450 e. The first-order chi connectivity index (χ1) is 23.6. The fourth-order valence-corrected chi connectivity index (χ4v) is 8.26. The van der Waals surface area contributed by atoms with Crippen molar-refractivity contribution in [3.8, 4) is 0 Å². The molecule has 3 aliphatic heterocycles. The minimum absolute atomic E-state index is 0.0871. The van der Waals surface area contributed by atoms with Crippen LogP contribution in [0, 0.1) is 11.3 Å². The quantitative estimate of drug-likeness (QED) is 0.374. The van der Waals surface area contributed by atoms with Crippen LogP contribution in [-0.2, 0) is 47.0 Å². The number of rotatable bonds is 6. The number of amides is 5. The largest absolute Gasteiger partial charge is 0.450 e. The number of allylic oxidation sites excluding steroid dienone is 1. The lowest BCUT2D eigenvalue weighted by atomic mass is 9.85. The molecule has 2 saturated carbocycles. The Labute approximate surface area is 292 Å². The van der Waals surface area contributed by atoms with Gasteiger partial charge in [-0.1, -0.05) is 57.2 Å². The highest BCUT2D eigenvalue weighted by Crippen LogP contribution is 2.45. The Morgan fingerprint density at radius 1 is 1.14 bits per heavy atom. The van der Waals surface area contributed by atoms with Crippen molar-refractivity contribution in [1.29, 1.82) is 0 Å². The zero-order chi connectivity index (χ0) is 36.0. The first-order valence-electron chi connectivity index (χ1n) is 17.1. The number of carbonyl (C=O) groups is 5. The average Bonchev–Trinajstić information content (AvgIpc) is 3.94. The lowest BCUT2D eigenvalue weighted by Gasteiger charge is -2.35. The summed E-state index contributed by atoms with van der Waals surface area (Å²) >= 11 is 0. The van der Waals surface area contributed by atoms with Crippen LogP contribution in [0.2, 0.25) is 0 Å². The molecular formula is C35H45N5O9S. The van der Waals surface area contributed by atoms with Crippen LogP contribution in [0.25, 0.3) is 6.08 Å². The minimum atomic E-state index is -3.90. The molecule has 5 atom stereocenters. The van der Waals surface area contributed by atoms with Gasteiger partial charge in [-0.2, -0.15) is 0 Å². The zero-order valence-corrected chi connectivity index (χ0v) is 29.4. The smallest absolute Gasteiger partial charge is 0.410 e. The van der Waals surface area contributed by atoms with Gasteiger partial charge in [-0.3, -0.25) is 24.0 Å². The van der Waals surface area contributed by atoms with Gasteiger partial charge in [-0.05, 0) is 54.2 Å². The maximum atomic E-state index is 14.3. The van der Waals surface area contributed by atoms with E-state index < -0.39 is 80.2 Å². The molecule has 4 bridgehead atoms. The topological polar surface area (TPSA) is 181 Å². The summed E-state index contributed by atoms with van der Waals surface area (Å²) < 4.78 is 38.7. The number of sulfonamides is 1. The predicted octanol–water partition coefficient (Wildman–Crippen LogP) is 2.73. The van der Waals surface area contributed by atoms with E-state index >= 15 is 0 Å². The van der Waals surface area contributed by atoms with Crippen LogP contribution in [0.3, 0.4) is 0 Å². The molecular weight excluding hydrogens is 666 g/mol. The van der Waals surface area contributed by atoms with E-state index in [2.05, 4.69) is 21.9 Å². The highest BCUT2D eigenvalue weighted by Gasteiger charge is 2.62. The Morgan fingerprint density at radius 3 is 2.58 bits per heavy atom. The van der Waals surface area contributed by atoms with E-state index in [0.717, 1.165) is 16.7 Å². The third-order valence-corrected chi connectivity index (χ3v) is 11.9. The molecule has 1 unspecified atom stereocenters. The lowest BCUT2D eigenvalue weighted by Crippen LogP contribution is -2.60. The number of fused-ring (bicyclic) bond motifs is 3. The highest BCUT2D eigenvalue weighted by atomic mass is 32.2. The van der Waals surface area contributed by atoms with Gasteiger partial charge in [-0.15, -0.1) is 6.58 Å². The van der Waals surface area contributed by atoms with Crippen molar-refractivity contribution in [3.63, 3.8) is 0 Å². The van der Waals surface area contributed by atoms with E-state index in [4.69, 9.17) is 9.47 Å². The monoisotopic (exact) mass is 711 g/mol. The number of nitrogens with zero attached hydrogens (tertiary/aromatic N) is 2. The summed E-state index contributed by atoms with van der Waals surface area (Å²) in [6.45, 7) is 9.65. The molecule has 3 heterocycles. The molecule has 5 amide bonds. The van der Waals surface area contributed by atoms with Gasteiger partial charge in [0.05, 0.1) is 24.9 Å². The van der Waals surface area contributed by atoms with Crippen LogP contribution in [-0.4, -0.2) is 90.3 Å². The molecule has 3 fully saturated rings. The molecule has 0 aromatic heterocycles. The van der Waals surface area contributed by atoms with E-state index in [0.29, 0.717) is 38.8 Å². The lowest BCUT2D eigenvalue weighted by molar-refractivity contribution is -0.142. The van der Waals surface area contributed by atoms with Crippen LogP contribution < -0.4 is 15.4 Å². The molecule has 270 valence electrons. The Kier molecular flexibility index (Phi) is 9.48. The molecule has 1 aromatic carbocycles. The Hall–Kier alpha value is -4.40. The first-order valence-corrected chi connectivity index (χ1v) is 18.6. The number of alkyl carbamates (subject to hydrolysis) is 1. The van der Waals surface area contributed by atoms with Gasteiger partial charge in [0.2, 0.25) is 21.8 Å². The number of hydrogen-bond donors (Lipinski definition) is 3. The maximum absolute atomic E-state index is 14.3. The van der Waals surface area contributed by atoms with Crippen molar-refractivity contribution in [2.45, 2.75) is 101 Å². The van der Waals surface area contributed by atoms with Gasteiger partial charge in [0.15, 0.2) is 0 Å². The number of carbonyl (C=O) groups excluding carboxylic acids is 5. The fourth-order valence-electron chi connectivity index (χ4n) is 6.89. The summed E-state index contributed by atoms with van der Waals surface area (Å²) in [5.74, 6) is -2.72. The van der Waals surface area contributed by atoms with Gasteiger partial charge in [-0.25, -0.2) is 18.0 Å². The average molecular weight is 712 g/mol. The zero-order valence-electron chi connectivity index (χ0n) is 28.6. The normalized spacial score (nSPS) is 29.4. The van der Waals surface area contributed by atoms with E-state index in [-0.39, 0.29) is 26.0 Å². The van der Waals surface area contributed by atoms with Gasteiger partial charge in [0, 0.05) is 18.9 Å². The van der Waals surface area contributed by atoms with Crippen molar-refractivity contribution in [1.82, 2.24) is 25.2 Å². The molecule has 1 aromatic rings. The van der Waals surface area contributed by atoms with Crippen molar-refractivity contribution in [2.75, 3.05) is 13.2 Å². The van der Waals surface area contributed by atoms with E-state index in [1.165, 1.54) is 11.0 Å². The van der Waals surface area contributed by atoms with Crippen LogP contribution >= 0.6 is 0 Å². The van der Waals surface area contributed by atoms with Crippen molar-refractivity contribution < 1.29 is 41.9 Å². The third-order valence-electron chi connectivity index (χ3n) is 10.1. The number of hydrogen-bond acceptors (Lipinski definition) is 9. The summed E-state index contributed by atoms with van der Waals surface area (Å²) in [5, 5.41) is 4.76. The van der Waals surface area contributed by atoms with Crippen LogP contribution in [0.5, 0.6) is 0 Å². The van der Waals surface area contributed by atoms with Crippen LogP contribution in [0.15, 0.2) is 36.9 Å². The standard InChI is InChI=1S/C35H45N5O9S/c1-5-23-17-35(23,31(43)38-50(46,47)25-13-14-25)37-29(41)27-16-24-19-40(27)30(42)28(34(2,3)4)36-32(44)48-15-8-6-7-10-21-11-9-12-22-18-39(20-26(21)22)33(45)49-24/h5,7,9-12,23-25,27-28H,1,6,8,13-20H2,2-4H3,(H,36,44)(H,37,41)(H,38,43)/b10-7+/t23-,24?,27+,28-,35+/m1/s1. The molecule has 14 nitrogen and oxygen atoms in total. The summed E-state index contributed by atoms with van der Waals surface area (Å²) in [6.07, 6.45) is 5.28. The maximum Gasteiger partial charge on any atom is 0.410 e. The second kappa shape index (κ2) is 13.4. The first kappa shape index (κ1) is 35.4. The highest BCUT2D eigenvalue weighted by molar-refractivity contribution is 7.91. The fraction of sp³-hybridized carbons (Fsp3) is 0.571. The third kappa shape index (κ3) is 7.23. The van der Waals surface area contributed by atoms with Crippen molar-refractivity contribution in [2.24, 2.45) is 11.3 Å². The van der Waals surface area contributed by atoms with E-state index in [1.807, 2.05) is 30.4 Å². The van der Waals surface area contributed by atoms with E-state index in [9.17, 15) is 32.4 Å². The SMILES string of the molecule is C=C[C@@H]1C[C@@]1(NC(=O)[C@@H]1CC2CN1C(=O)[C@H](C(C)(C)C)NC(=O)OCCC/C=C/c1cccc3c1CN(C3)C(=O)O2)C(=O)NS(=O)(=O)C1CC1. The molecule has 6 rings (SSSR count). The van der Waals surface area contributed by atoms with Crippen molar-refractivity contribution >= 4 is 46.0 Å². The van der Waals surface area contributed by atoms with Gasteiger partial charge < -0.3 is 25.0 Å². The number of cyclic esters (lactones) is 1. The second-order valence-corrected chi connectivity index (χ2v) is 16.9. The Morgan fingerprint density at radius 2 is 1.90 bits per heavy atom. The van der Waals surface area contributed by atoms with Gasteiger partial charge >= 0.3 is 12.2 Å². The summed E-state index contributed by atoms with van der Waals surface area (Å²) in [4.78, 5) is 71.1. The molecule has 15 heteroatoms. The molecule has 50 heavy (non-hydrogen) atoms. The number of benzene rings is 1. The number of ether oxygens (including phenoxy) is 2. The molecule has 1 saturated heterocycles.